The Morgan fingerprint density at radius 3 is 1.90 bits per heavy atom. The molecule has 3 nitrogen and oxygen atoms in total. The smallest absolute Gasteiger partial charge is 0.220 e. The molecule has 2 rings (SSSR count). The number of primary amides is 1. The second-order valence-electron chi connectivity index (χ2n) is 8.73. The van der Waals surface area contributed by atoms with E-state index in [2.05, 4.69) is 33.0 Å². The summed E-state index contributed by atoms with van der Waals surface area (Å²) in [7, 11) is 0. The quantitative estimate of drug-likeness (QED) is 0.834. The predicted molar refractivity (Wildman–Crippen MR) is 83.3 cm³/mol. The Bertz CT molecular complexity index is 338. The highest BCUT2D eigenvalue weighted by molar-refractivity contribution is 5.76. The van der Waals surface area contributed by atoms with Crippen LogP contribution in [0, 0.1) is 16.7 Å². The third-order valence-corrected chi connectivity index (χ3v) is 5.16. The molecule has 0 atom stereocenters. The Morgan fingerprint density at radius 1 is 0.950 bits per heavy atom. The van der Waals surface area contributed by atoms with Crippen LogP contribution in [0.15, 0.2) is 0 Å². The third-order valence-electron chi connectivity index (χ3n) is 5.16. The number of carbonyl (C=O) groups excluding carboxylic acids is 1. The van der Waals surface area contributed by atoms with Gasteiger partial charge in [0.05, 0.1) is 0 Å². The zero-order valence-electron chi connectivity index (χ0n) is 13.7. The fraction of sp³-hybridized carbons (Fsp3) is 0.941. The monoisotopic (exact) mass is 280 g/mol. The predicted octanol–water partition coefficient (Wildman–Crippen LogP) is 3.23. The molecule has 116 valence electrons. The maximum absolute atomic E-state index is 11.2. The van der Waals surface area contributed by atoms with Crippen molar-refractivity contribution in [1.82, 2.24) is 5.32 Å². The molecule has 0 aliphatic heterocycles. The lowest BCUT2D eigenvalue weighted by Crippen LogP contribution is -2.48. The highest BCUT2D eigenvalue weighted by Crippen LogP contribution is 2.46. The van der Waals surface area contributed by atoms with Crippen LogP contribution in [-0.2, 0) is 4.79 Å². The van der Waals surface area contributed by atoms with E-state index in [1.165, 1.54) is 19.3 Å². The minimum atomic E-state index is -0.108. The number of rotatable bonds is 3. The molecule has 0 aromatic heterocycles. The van der Waals surface area contributed by atoms with Crippen molar-refractivity contribution in [3.63, 3.8) is 0 Å². The lowest BCUT2D eigenvalue weighted by molar-refractivity contribution is -0.122. The zero-order chi connectivity index (χ0) is 15.0. The Kier molecular flexibility index (Phi) is 4.48. The summed E-state index contributed by atoms with van der Waals surface area (Å²) in [5, 5.41) is 3.88. The van der Waals surface area contributed by atoms with Gasteiger partial charge in [0.25, 0.3) is 0 Å². The maximum atomic E-state index is 11.2. The number of hydrogen-bond acceptors (Lipinski definition) is 2. The van der Waals surface area contributed by atoms with Crippen LogP contribution in [0.2, 0.25) is 0 Å². The van der Waals surface area contributed by atoms with Crippen molar-refractivity contribution < 1.29 is 4.79 Å². The maximum Gasteiger partial charge on any atom is 0.220 e. The van der Waals surface area contributed by atoms with Gasteiger partial charge in [-0.3, -0.25) is 4.79 Å². The fourth-order valence-electron chi connectivity index (χ4n) is 4.84. The first-order valence-electron chi connectivity index (χ1n) is 8.22. The van der Waals surface area contributed by atoms with E-state index in [-0.39, 0.29) is 11.8 Å². The molecule has 0 bridgehead atoms. The van der Waals surface area contributed by atoms with E-state index in [1.807, 2.05) is 0 Å². The van der Waals surface area contributed by atoms with Crippen LogP contribution in [-0.4, -0.2) is 18.0 Å². The molecule has 2 aliphatic rings. The third kappa shape index (κ3) is 4.21. The van der Waals surface area contributed by atoms with Crippen LogP contribution in [0.1, 0.15) is 72.6 Å². The zero-order valence-corrected chi connectivity index (χ0v) is 13.7. The van der Waals surface area contributed by atoms with Crippen molar-refractivity contribution in [2.24, 2.45) is 22.5 Å². The summed E-state index contributed by atoms with van der Waals surface area (Å²) >= 11 is 0. The summed E-state index contributed by atoms with van der Waals surface area (Å²) in [6, 6.07) is 1.21. The lowest BCUT2D eigenvalue weighted by atomic mass is 9.63. The molecule has 2 saturated carbocycles. The van der Waals surface area contributed by atoms with Crippen LogP contribution >= 0.6 is 0 Å². The molecular weight excluding hydrogens is 248 g/mol. The SMILES string of the molecule is CC1(C)CC(NC2CCC(C(N)=O)CC2)CC(C)(C)C1. The van der Waals surface area contributed by atoms with E-state index >= 15 is 0 Å². The molecule has 3 N–H and O–H groups in total. The van der Waals surface area contributed by atoms with Gasteiger partial charge in [-0.25, -0.2) is 0 Å². The fourth-order valence-corrected chi connectivity index (χ4v) is 4.84. The normalized spacial score (nSPS) is 33.8. The minimum Gasteiger partial charge on any atom is -0.369 e. The number of nitrogens with two attached hydrogens (primary N) is 1. The Morgan fingerprint density at radius 2 is 1.45 bits per heavy atom. The first-order valence-corrected chi connectivity index (χ1v) is 8.22. The van der Waals surface area contributed by atoms with Gasteiger partial charge in [0.15, 0.2) is 0 Å². The molecule has 1 amide bonds. The van der Waals surface area contributed by atoms with E-state index in [4.69, 9.17) is 5.73 Å². The average Bonchev–Trinajstić information content (AvgIpc) is 2.25. The van der Waals surface area contributed by atoms with Crippen molar-refractivity contribution in [2.45, 2.75) is 84.7 Å². The van der Waals surface area contributed by atoms with Gasteiger partial charge < -0.3 is 11.1 Å². The minimum absolute atomic E-state index is 0.108. The summed E-state index contributed by atoms with van der Waals surface area (Å²) < 4.78 is 0. The number of carbonyl (C=O) groups is 1. The Hall–Kier alpha value is -0.570. The van der Waals surface area contributed by atoms with Gasteiger partial charge in [0.1, 0.15) is 0 Å². The Balaban J connectivity index is 1.86. The molecule has 0 aromatic carbocycles. The largest absolute Gasteiger partial charge is 0.369 e. The Labute approximate surface area is 124 Å². The topological polar surface area (TPSA) is 55.1 Å². The molecule has 0 unspecified atom stereocenters. The van der Waals surface area contributed by atoms with E-state index in [0.717, 1.165) is 25.7 Å². The molecule has 0 aromatic rings. The van der Waals surface area contributed by atoms with Gasteiger partial charge >= 0.3 is 0 Å². The summed E-state index contributed by atoms with van der Waals surface area (Å²) in [5.41, 5.74) is 6.28. The van der Waals surface area contributed by atoms with Gasteiger partial charge in [-0.2, -0.15) is 0 Å². The second kappa shape index (κ2) is 5.67. The molecule has 3 heteroatoms. The number of amides is 1. The molecule has 0 spiro atoms. The van der Waals surface area contributed by atoms with Crippen LogP contribution in [0.3, 0.4) is 0 Å². The van der Waals surface area contributed by atoms with Gasteiger partial charge in [-0.1, -0.05) is 27.7 Å². The van der Waals surface area contributed by atoms with Gasteiger partial charge in [0, 0.05) is 18.0 Å². The summed E-state index contributed by atoms with van der Waals surface area (Å²) in [4.78, 5) is 11.2. The van der Waals surface area contributed by atoms with Crippen LogP contribution in [0.4, 0.5) is 0 Å². The average molecular weight is 280 g/mol. The van der Waals surface area contributed by atoms with Crippen molar-refractivity contribution in [3.05, 3.63) is 0 Å². The van der Waals surface area contributed by atoms with Crippen LogP contribution < -0.4 is 11.1 Å². The standard InChI is InChI=1S/C17H32N2O/c1-16(2)9-14(10-17(3,4)11-16)19-13-7-5-12(6-8-13)15(18)20/h12-14,19H,5-11H2,1-4H3,(H2,18,20). The molecular formula is C17H32N2O. The highest BCUT2D eigenvalue weighted by Gasteiger charge is 2.39. The summed E-state index contributed by atoms with van der Waals surface area (Å²) in [6.07, 6.45) is 7.99. The molecule has 2 fully saturated rings. The summed E-state index contributed by atoms with van der Waals surface area (Å²) in [5.74, 6) is 0.00988. The number of hydrogen-bond donors (Lipinski definition) is 2. The van der Waals surface area contributed by atoms with Gasteiger partial charge in [-0.15, -0.1) is 0 Å². The van der Waals surface area contributed by atoms with Crippen molar-refractivity contribution >= 4 is 5.91 Å². The summed E-state index contributed by atoms with van der Waals surface area (Å²) in [6.45, 7) is 9.58. The van der Waals surface area contributed by atoms with Crippen LogP contribution in [0.25, 0.3) is 0 Å². The second-order valence-corrected chi connectivity index (χ2v) is 8.73. The highest BCUT2D eigenvalue weighted by atomic mass is 16.1. The molecule has 0 radical (unpaired) electrons. The van der Waals surface area contributed by atoms with E-state index in [9.17, 15) is 4.79 Å². The molecule has 0 heterocycles. The number of nitrogens with one attached hydrogen (secondary N) is 1. The lowest BCUT2D eigenvalue weighted by Gasteiger charge is -2.46. The molecule has 0 saturated heterocycles. The first-order chi connectivity index (χ1) is 9.17. The van der Waals surface area contributed by atoms with Gasteiger partial charge in [-0.05, 0) is 55.8 Å². The van der Waals surface area contributed by atoms with E-state index in [1.54, 1.807) is 0 Å². The van der Waals surface area contributed by atoms with E-state index in [0.29, 0.717) is 22.9 Å². The van der Waals surface area contributed by atoms with Crippen molar-refractivity contribution in [2.75, 3.05) is 0 Å². The van der Waals surface area contributed by atoms with Crippen molar-refractivity contribution in [1.29, 1.82) is 0 Å². The van der Waals surface area contributed by atoms with Crippen LogP contribution in [0.5, 0.6) is 0 Å². The molecule has 2 aliphatic carbocycles. The van der Waals surface area contributed by atoms with E-state index < -0.39 is 0 Å². The van der Waals surface area contributed by atoms with Crippen molar-refractivity contribution in [3.8, 4) is 0 Å². The van der Waals surface area contributed by atoms with Gasteiger partial charge in [0.2, 0.25) is 5.91 Å². The first kappa shape index (κ1) is 15.8. The molecule has 20 heavy (non-hydrogen) atoms.